The van der Waals surface area contributed by atoms with Crippen LogP contribution < -0.4 is 0 Å². The second kappa shape index (κ2) is 8.30. The molecule has 0 unspecified atom stereocenters. The van der Waals surface area contributed by atoms with E-state index in [0.29, 0.717) is 17.0 Å². The van der Waals surface area contributed by atoms with Crippen molar-refractivity contribution in [1.29, 1.82) is 0 Å². The Labute approximate surface area is 167 Å². The van der Waals surface area contributed by atoms with E-state index >= 15 is 0 Å². The number of cyclic esters (lactones) is 2. The van der Waals surface area contributed by atoms with E-state index < -0.39 is 11.9 Å². The molecule has 0 spiro atoms. The molecule has 0 bridgehead atoms. The maximum Gasteiger partial charge on any atom is 0.346 e. The van der Waals surface area contributed by atoms with Crippen molar-refractivity contribution in [2.24, 2.45) is 5.92 Å². The minimum atomic E-state index is -0.549. The molecule has 2 aromatic carbocycles. The highest BCUT2D eigenvalue weighted by Gasteiger charge is 2.29. The van der Waals surface area contributed by atoms with Crippen molar-refractivity contribution in [2.45, 2.75) is 64.2 Å². The average molecular weight is 376 g/mol. The smallest absolute Gasteiger partial charge is 0.346 e. The number of hydrogen-bond donors (Lipinski definition) is 0. The third kappa shape index (κ3) is 3.89. The van der Waals surface area contributed by atoms with Gasteiger partial charge in [0, 0.05) is 0 Å². The fraction of sp³-hybridized carbons (Fsp3) is 0.440. The van der Waals surface area contributed by atoms with Crippen LogP contribution in [-0.2, 0) is 4.74 Å². The van der Waals surface area contributed by atoms with Gasteiger partial charge in [-0.1, -0.05) is 62.9 Å². The number of carbonyl (C=O) groups is 2. The van der Waals surface area contributed by atoms with Crippen LogP contribution in [0.1, 0.15) is 90.5 Å². The molecule has 4 rings (SSSR count). The van der Waals surface area contributed by atoms with E-state index in [1.54, 1.807) is 12.1 Å². The van der Waals surface area contributed by atoms with E-state index in [9.17, 15) is 9.59 Å². The van der Waals surface area contributed by atoms with Gasteiger partial charge in [-0.05, 0) is 66.3 Å². The van der Waals surface area contributed by atoms with Crippen molar-refractivity contribution >= 4 is 11.9 Å². The van der Waals surface area contributed by atoms with Gasteiger partial charge in [0.1, 0.15) is 0 Å². The third-order valence-corrected chi connectivity index (χ3v) is 6.42. The minimum Gasteiger partial charge on any atom is -0.386 e. The fourth-order valence-corrected chi connectivity index (χ4v) is 4.68. The van der Waals surface area contributed by atoms with Crippen molar-refractivity contribution in [3.05, 3.63) is 59.2 Å². The van der Waals surface area contributed by atoms with Gasteiger partial charge < -0.3 is 4.74 Å². The van der Waals surface area contributed by atoms with E-state index in [2.05, 4.69) is 35.9 Å². The average Bonchev–Trinajstić information content (AvgIpc) is 3.02. The van der Waals surface area contributed by atoms with Gasteiger partial charge in [0.15, 0.2) is 0 Å². The Morgan fingerprint density at radius 1 is 0.821 bits per heavy atom. The van der Waals surface area contributed by atoms with Crippen LogP contribution in [0.15, 0.2) is 42.5 Å². The van der Waals surface area contributed by atoms with Crippen molar-refractivity contribution in [1.82, 2.24) is 0 Å². The Morgan fingerprint density at radius 3 is 2.21 bits per heavy atom. The van der Waals surface area contributed by atoms with Crippen molar-refractivity contribution in [2.75, 3.05) is 0 Å². The molecule has 1 aliphatic carbocycles. The maximum absolute atomic E-state index is 11.8. The molecule has 0 amide bonds. The molecule has 1 fully saturated rings. The molecule has 0 aromatic heterocycles. The summed E-state index contributed by atoms with van der Waals surface area (Å²) < 4.78 is 4.68. The summed E-state index contributed by atoms with van der Waals surface area (Å²) >= 11 is 0. The lowest BCUT2D eigenvalue weighted by molar-refractivity contribution is 0.0444. The number of unbranched alkanes of at least 4 members (excludes halogenated alkanes) is 2. The highest BCUT2D eigenvalue weighted by Crippen LogP contribution is 2.38. The number of esters is 2. The lowest BCUT2D eigenvalue weighted by Gasteiger charge is -2.29. The van der Waals surface area contributed by atoms with Crippen LogP contribution >= 0.6 is 0 Å². The molecule has 146 valence electrons. The Balaban J connectivity index is 1.41. The Kier molecular flexibility index (Phi) is 5.61. The van der Waals surface area contributed by atoms with E-state index in [-0.39, 0.29) is 0 Å². The number of benzene rings is 2. The van der Waals surface area contributed by atoms with Gasteiger partial charge in [-0.15, -0.1) is 0 Å². The standard InChI is InChI=1S/C25H28O3/c1-2-3-4-5-17-6-8-18(9-7-17)19-10-12-20(13-11-19)21-14-15-22-23(16-21)25(27)28-24(22)26/h10-18H,2-9H2,1H3/t17-,18-. The van der Waals surface area contributed by atoms with Crippen LogP contribution in [0, 0.1) is 5.92 Å². The van der Waals surface area contributed by atoms with Gasteiger partial charge in [0.2, 0.25) is 0 Å². The number of carbonyl (C=O) groups excluding carboxylic acids is 2. The molecule has 2 aliphatic rings. The van der Waals surface area contributed by atoms with Gasteiger partial charge in [-0.25, -0.2) is 9.59 Å². The van der Waals surface area contributed by atoms with Crippen LogP contribution in [-0.4, -0.2) is 11.9 Å². The molecular formula is C25H28O3. The van der Waals surface area contributed by atoms with E-state index in [1.807, 2.05) is 6.07 Å². The molecular weight excluding hydrogens is 348 g/mol. The fourth-order valence-electron chi connectivity index (χ4n) is 4.68. The van der Waals surface area contributed by atoms with E-state index in [1.165, 1.54) is 56.9 Å². The van der Waals surface area contributed by atoms with Gasteiger partial charge in [-0.2, -0.15) is 0 Å². The predicted octanol–water partition coefficient (Wildman–Crippen LogP) is 6.52. The second-order valence-electron chi connectivity index (χ2n) is 8.27. The lowest BCUT2D eigenvalue weighted by atomic mass is 9.77. The molecule has 1 aliphatic heterocycles. The normalized spacial score (nSPS) is 21.5. The molecule has 0 N–H and O–H groups in total. The molecule has 2 aromatic rings. The molecule has 0 atom stereocenters. The summed E-state index contributed by atoms with van der Waals surface area (Å²) in [5, 5.41) is 0. The van der Waals surface area contributed by atoms with Crippen molar-refractivity contribution in [3.63, 3.8) is 0 Å². The first-order valence-corrected chi connectivity index (χ1v) is 10.7. The molecule has 1 saturated carbocycles. The molecule has 0 saturated heterocycles. The number of ether oxygens (including phenoxy) is 1. The Hall–Kier alpha value is -2.42. The summed E-state index contributed by atoms with van der Waals surface area (Å²) in [7, 11) is 0. The SMILES string of the molecule is CCCCC[C@H]1CC[C@H](c2ccc(-c3ccc4c(c3)C(=O)OC4=O)cc2)CC1. The predicted molar refractivity (Wildman–Crippen MR) is 110 cm³/mol. The van der Waals surface area contributed by atoms with E-state index in [0.717, 1.165) is 17.0 Å². The summed E-state index contributed by atoms with van der Waals surface area (Å²) in [6.45, 7) is 2.27. The quantitative estimate of drug-likeness (QED) is 0.327. The van der Waals surface area contributed by atoms with Crippen LogP contribution in [0.4, 0.5) is 0 Å². The zero-order valence-electron chi connectivity index (χ0n) is 16.6. The molecule has 3 heteroatoms. The molecule has 0 radical (unpaired) electrons. The van der Waals surface area contributed by atoms with Gasteiger partial charge >= 0.3 is 11.9 Å². The van der Waals surface area contributed by atoms with Crippen LogP contribution in [0.25, 0.3) is 11.1 Å². The van der Waals surface area contributed by atoms with Gasteiger partial charge in [-0.3, -0.25) is 0 Å². The highest BCUT2D eigenvalue weighted by atomic mass is 16.6. The summed E-state index contributed by atoms with van der Waals surface area (Å²) in [5.41, 5.74) is 4.16. The Morgan fingerprint density at radius 2 is 1.50 bits per heavy atom. The summed E-state index contributed by atoms with van der Waals surface area (Å²) in [5.74, 6) is 0.501. The maximum atomic E-state index is 11.8. The zero-order chi connectivity index (χ0) is 19.5. The van der Waals surface area contributed by atoms with Crippen LogP contribution in [0.5, 0.6) is 0 Å². The van der Waals surface area contributed by atoms with Crippen LogP contribution in [0.3, 0.4) is 0 Å². The topological polar surface area (TPSA) is 43.4 Å². The summed E-state index contributed by atoms with van der Waals surface area (Å²) in [4.78, 5) is 23.4. The molecule has 28 heavy (non-hydrogen) atoms. The molecule has 3 nitrogen and oxygen atoms in total. The Bertz CT molecular complexity index is 858. The monoisotopic (exact) mass is 376 g/mol. The largest absolute Gasteiger partial charge is 0.386 e. The third-order valence-electron chi connectivity index (χ3n) is 6.42. The number of hydrogen-bond acceptors (Lipinski definition) is 3. The summed E-state index contributed by atoms with van der Waals surface area (Å²) in [6, 6.07) is 14.1. The highest BCUT2D eigenvalue weighted by molar-refractivity contribution is 6.15. The van der Waals surface area contributed by atoms with Gasteiger partial charge in [0.25, 0.3) is 0 Å². The number of rotatable bonds is 6. The summed E-state index contributed by atoms with van der Waals surface area (Å²) in [6.07, 6.45) is 10.8. The first-order valence-electron chi connectivity index (χ1n) is 10.7. The van der Waals surface area contributed by atoms with Crippen LogP contribution in [0.2, 0.25) is 0 Å². The van der Waals surface area contributed by atoms with Crippen molar-refractivity contribution < 1.29 is 14.3 Å². The van der Waals surface area contributed by atoms with Gasteiger partial charge in [0.05, 0.1) is 11.1 Å². The zero-order valence-corrected chi connectivity index (χ0v) is 16.6. The number of fused-ring (bicyclic) bond motifs is 1. The second-order valence-corrected chi connectivity index (χ2v) is 8.27. The van der Waals surface area contributed by atoms with E-state index in [4.69, 9.17) is 0 Å². The first-order chi connectivity index (χ1) is 13.7. The minimum absolute atomic E-state index is 0.362. The van der Waals surface area contributed by atoms with Crippen molar-refractivity contribution in [3.8, 4) is 11.1 Å². The first kappa shape index (κ1) is 18.9. The molecule has 1 heterocycles. The lowest BCUT2D eigenvalue weighted by Crippen LogP contribution is -2.13.